The maximum Gasteiger partial charge on any atom is 0.358 e. The topological polar surface area (TPSA) is 78.9 Å². The highest BCUT2D eigenvalue weighted by molar-refractivity contribution is 6.33. The van der Waals surface area contributed by atoms with Gasteiger partial charge in [-0.15, -0.1) is 0 Å². The summed E-state index contributed by atoms with van der Waals surface area (Å²) in [4.78, 5) is 10.9. The molecule has 1 heterocycles. The van der Waals surface area contributed by atoms with Gasteiger partial charge in [-0.05, 0) is 31.2 Å². The van der Waals surface area contributed by atoms with Gasteiger partial charge in [-0.3, -0.25) is 0 Å². The molecule has 0 amide bonds. The molecule has 0 atom stereocenters. The summed E-state index contributed by atoms with van der Waals surface area (Å²) in [6.07, 6.45) is 0. The van der Waals surface area contributed by atoms with E-state index in [-0.39, 0.29) is 10.7 Å². The van der Waals surface area contributed by atoms with Gasteiger partial charge in [-0.1, -0.05) is 11.6 Å². The van der Waals surface area contributed by atoms with Crippen LogP contribution in [-0.4, -0.2) is 20.9 Å². The Morgan fingerprint density at radius 3 is 2.50 bits per heavy atom. The fraction of sp³-hybridized carbons (Fsp3) is 0.0833. The zero-order valence-corrected chi connectivity index (χ0v) is 10.1. The van der Waals surface area contributed by atoms with Crippen molar-refractivity contribution in [2.75, 3.05) is 0 Å². The Hall–Kier alpha value is -2.32. The highest BCUT2D eigenvalue weighted by Gasteiger charge is 2.19. The van der Waals surface area contributed by atoms with Gasteiger partial charge < -0.3 is 5.11 Å². The molecule has 1 aromatic heterocycles. The normalized spacial score (nSPS) is 10.1. The van der Waals surface area contributed by atoms with Crippen LogP contribution in [0.5, 0.6) is 0 Å². The molecule has 0 saturated carbocycles. The smallest absolute Gasteiger partial charge is 0.358 e. The predicted octanol–water partition coefficient (Wildman–Crippen LogP) is 2.40. The number of benzene rings is 1. The molecule has 0 saturated heterocycles. The first-order valence-electron chi connectivity index (χ1n) is 5.03. The number of hydrogen-bond acceptors (Lipinski definition) is 3. The van der Waals surface area contributed by atoms with Crippen LogP contribution in [-0.2, 0) is 0 Å². The lowest BCUT2D eigenvalue weighted by Gasteiger charge is -2.03. The van der Waals surface area contributed by atoms with Crippen LogP contribution in [0.2, 0.25) is 5.02 Å². The zero-order valence-electron chi connectivity index (χ0n) is 9.38. The molecule has 0 aliphatic rings. The molecule has 90 valence electrons. The zero-order chi connectivity index (χ0) is 13.3. The number of aromatic carboxylic acids is 1. The Bertz CT molecular complexity index is 653. The Morgan fingerprint density at radius 1 is 1.44 bits per heavy atom. The third-order valence-corrected chi connectivity index (χ3v) is 2.94. The quantitative estimate of drug-likeness (QED) is 0.900. The highest BCUT2D eigenvalue weighted by atomic mass is 35.5. The first-order chi connectivity index (χ1) is 8.54. The maximum absolute atomic E-state index is 10.9. The SMILES string of the molecule is Cc1c(Cl)c(C(=O)O)nn1-c1ccc(C#N)cc1. The first-order valence-corrected chi connectivity index (χ1v) is 5.41. The van der Waals surface area contributed by atoms with E-state index in [1.807, 2.05) is 6.07 Å². The number of nitriles is 1. The largest absolute Gasteiger partial charge is 0.476 e. The van der Waals surface area contributed by atoms with Gasteiger partial charge in [-0.2, -0.15) is 10.4 Å². The van der Waals surface area contributed by atoms with Gasteiger partial charge in [0.2, 0.25) is 0 Å². The van der Waals surface area contributed by atoms with Crippen molar-refractivity contribution in [3.8, 4) is 11.8 Å². The standard InChI is InChI=1S/C12H8ClN3O2/c1-7-10(13)11(12(17)18)15-16(7)9-4-2-8(6-14)3-5-9/h2-5H,1H3,(H,17,18). The summed E-state index contributed by atoms with van der Waals surface area (Å²) in [7, 11) is 0. The molecule has 0 aliphatic heterocycles. The van der Waals surface area contributed by atoms with Crippen LogP contribution in [0.25, 0.3) is 5.69 Å². The summed E-state index contributed by atoms with van der Waals surface area (Å²) in [5, 5.41) is 21.7. The molecular weight excluding hydrogens is 254 g/mol. The second-order valence-corrected chi connectivity index (χ2v) is 4.00. The summed E-state index contributed by atoms with van der Waals surface area (Å²) in [5.41, 5.74) is 1.53. The summed E-state index contributed by atoms with van der Waals surface area (Å²) in [5.74, 6) is -1.17. The van der Waals surface area contributed by atoms with Crippen molar-refractivity contribution in [3.63, 3.8) is 0 Å². The maximum atomic E-state index is 10.9. The van der Waals surface area contributed by atoms with Gasteiger partial charge in [0.1, 0.15) is 0 Å². The molecule has 0 spiro atoms. The number of nitrogens with zero attached hydrogens (tertiary/aromatic N) is 3. The Morgan fingerprint density at radius 2 is 2.06 bits per heavy atom. The average molecular weight is 262 g/mol. The molecular formula is C12H8ClN3O2. The van der Waals surface area contributed by atoms with Crippen molar-refractivity contribution in [1.82, 2.24) is 9.78 Å². The summed E-state index contributed by atoms with van der Waals surface area (Å²) in [6.45, 7) is 1.68. The molecule has 0 aliphatic carbocycles. The van der Waals surface area contributed by atoms with Gasteiger partial charge in [-0.25, -0.2) is 9.48 Å². The molecule has 1 N–H and O–H groups in total. The van der Waals surface area contributed by atoms with E-state index in [2.05, 4.69) is 5.10 Å². The summed E-state index contributed by atoms with van der Waals surface area (Å²) in [6, 6.07) is 8.63. The van der Waals surface area contributed by atoms with Crippen LogP contribution in [0, 0.1) is 18.3 Å². The molecule has 0 fully saturated rings. The van der Waals surface area contributed by atoms with Crippen LogP contribution < -0.4 is 0 Å². The monoisotopic (exact) mass is 261 g/mol. The van der Waals surface area contributed by atoms with Crippen molar-refractivity contribution in [3.05, 3.63) is 46.2 Å². The lowest BCUT2D eigenvalue weighted by Crippen LogP contribution is -2.02. The minimum atomic E-state index is -1.17. The fourth-order valence-corrected chi connectivity index (χ4v) is 1.75. The van der Waals surface area contributed by atoms with E-state index in [0.717, 1.165) is 0 Å². The molecule has 1 aromatic carbocycles. The van der Waals surface area contributed by atoms with Crippen LogP contribution in [0.4, 0.5) is 0 Å². The van der Waals surface area contributed by atoms with Crippen LogP contribution in [0.3, 0.4) is 0 Å². The highest BCUT2D eigenvalue weighted by Crippen LogP contribution is 2.23. The van der Waals surface area contributed by atoms with Gasteiger partial charge in [0.05, 0.1) is 28.0 Å². The summed E-state index contributed by atoms with van der Waals surface area (Å²) < 4.78 is 1.44. The van der Waals surface area contributed by atoms with E-state index in [1.54, 1.807) is 31.2 Å². The summed E-state index contributed by atoms with van der Waals surface area (Å²) >= 11 is 5.90. The number of halogens is 1. The van der Waals surface area contributed by atoms with E-state index in [1.165, 1.54) is 4.68 Å². The Labute approximate surface area is 108 Å². The molecule has 18 heavy (non-hydrogen) atoms. The van der Waals surface area contributed by atoms with E-state index in [9.17, 15) is 4.79 Å². The van der Waals surface area contributed by atoms with Crippen molar-refractivity contribution in [2.45, 2.75) is 6.92 Å². The van der Waals surface area contributed by atoms with Gasteiger partial charge in [0.25, 0.3) is 0 Å². The molecule has 0 bridgehead atoms. The van der Waals surface area contributed by atoms with Crippen molar-refractivity contribution >= 4 is 17.6 Å². The molecule has 0 radical (unpaired) electrons. The third-order valence-electron chi connectivity index (χ3n) is 2.49. The minimum Gasteiger partial charge on any atom is -0.476 e. The minimum absolute atomic E-state index is 0.117. The number of carboxylic acid groups (broad SMARTS) is 1. The number of hydrogen-bond donors (Lipinski definition) is 1. The predicted molar refractivity (Wildman–Crippen MR) is 65.0 cm³/mol. The van der Waals surface area contributed by atoms with Crippen LogP contribution in [0.15, 0.2) is 24.3 Å². The molecule has 2 aromatic rings. The third kappa shape index (κ3) is 1.94. The molecule has 2 rings (SSSR count). The van der Waals surface area contributed by atoms with Crippen LogP contribution >= 0.6 is 11.6 Å². The number of carboxylic acids is 1. The first kappa shape index (κ1) is 12.1. The molecule has 5 nitrogen and oxygen atoms in total. The number of carbonyl (C=O) groups is 1. The van der Waals surface area contributed by atoms with E-state index >= 15 is 0 Å². The van der Waals surface area contributed by atoms with E-state index in [0.29, 0.717) is 16.9 Å². The molecule has 0 unspecified atom stereocenters. The van der Waals surface area contributed by atoms with Gasteiger partial charge in [0, 0.05) is 0 Å². The Balaban J connectivity index is 2.54. The second kappa shape index (κ2) is 4.51. The van der Waals surface area contributed by atoms with Crippen molar-refractivity contribution < 1.29 is 9.90 Å². The van der Waals surface area contributed by atoms with E-state index in [4.69, 9.17) is 22.0 Å². The second-order valence-electron chi connectivity index (χ2n) is 3.62. The lowest BCUT2D eigenvalue weighted by molar-refractivity contribution is 0.0690. The van der Waals surface area contributed by atoms with Crippen molar-refractivity contribution in [1.29, 1.82) is 5.26 Å². The van der Waals surface area contributed by atoms with E-state index < -0.39 is 5.97 Å². The number of aromatic nitrogens is 2. The van der Waals surface area contributed by atoms with Gasteiger partial charge >= 0.3 is 5.97 Å². The van der Waals surface area contributed by atoms with Gasteiger partial charge in [0.15, 0.2) is 5.69 Å². The van der Waals surface area contributed by atoms with Crippen molar-refractivity contribution in [2.24, 2.45) is 0 Å². The fourth-order valence-electron chi connectivity index (χ4n) is 1.55. The average Bonchev–Trinajstić information content (AvgIpc) is 2.67. The lowest BCUT2D eigenvalue weighted by atomic mass is 10.2. The Kier molecular flexibility index (Phi) is 3.04. The molecule has 6 heteroatoms. The number of rotatable bonds is 2. The van der Waals surface area contributed by atoms with Crippen LogP contribution in [0.1, 0.15) is 21.7 Å².